The molecule has 5 heteroatoms. The Balaban J connectivity index is 2.37. The summed E-state index contributed by atoms with van der Waals surface area (Å²) in [5.41, 5.74) is 2.48. The highest BCUT2D eigenvalue weighted by Crippen LogP contribution is 2.22. The molecule has 0 aliphatic heterocycles. The lowest BCUT2D eigenvalue weighted by Gasteiger charge is -2.16. The highest BCUT2D eigenvalue weighted by atomic mass is 19.1. The van der Waals surface area contributed by atoms with Crippen molar-refractivity contribution in [1.29, 1.82) is 0 Å². The van der Waals surface area contributed by atoms with E-state index in [1.807, 2.05) is 45.0 Å². The van der Waals surface area contributed by atoms with E-state index in [4.69, 9.17) is 9.47 Å². The van der Waals surface area contributed by atoms with Crippen LogP contribution in [0.2, 0.25) is 0 Å². The third kappa shape index (κ3) is 4.06. The Morgan fingerprint density at radius 2 is 1.67 bits per heavy atom. The molecule has 0 radical (unpaired) electrons. The van der Waals surface area contributed by atoms with Gasteiger partial charge in [-0.05, 0) is 20.8 Å². The fourth-order valence-electron chi connectivity index (χ4n) is 1.91. The van der Waals surface area contributed by atoms with Gasteiger partial charge in [0.2, 0.25) is 12.2 Å². The molecule has 0 aliphatic rings. The molecule has 0 fully saturated rings. The van der Waals surface area contributed by atoms with Gasteiger partial charge in [-0.15, -0.1) is 0 Å². The third-order valence-corrected chi connectivity index (χ3v) is 2.91. The van der Waals surface area contributed by atoms with Crippen molar-refractivity contribution in [2.45, 2.75) is 27.1 Å². The number of aryl methyl sites for hydroxylation is 1. The topological polar surface area (TPSA) is 44.2 Å². The summed E-state index contributed by atoms with van der Waals surface area (Å²) in [5.74, 6) is -0.394. The molecule has 0 N–H and O–H groups in total. The SMILES string of the molecule is CCOC(OCC)c1nc(F)cc(-c2ccc(C)cc2)n1. The van der Waals surface area contributed by atoms with E-state index in [1.54, 1.807) is 0 Å². The van der Waals surface area contributed by atoms with E-state index in [0.29, 0.717) is 18.9 Å². The maximum Gasteiger partial charge on any atom is 0.219 e. The predicted molar refractivity (Wildman–Crippen MR) is 78.2 cm³/mol. The van der Waals surface area contributed by atoms with Crippen molar-refractivity contribution in [3.63, 3.8) is 0 Å². The summed E-state index contributed by atoms with van der Waals surface area (Å²) in [4.78, 5) is 8.16. The number of hydrogen-bond donors (Lipinski definition) is 0. The Labute approximate surface area is 124 Å². The second kappa shape index (κ2) is 7.24. The molecule has 112 valence electrons. The molecule has 0 spiro atoms. The zero-order chi connectivity index (χ0) is 15.2. The van der Waals surface area contributed by atoms with Gasteiger partial charge in [0.1, 0.15) is 0 Å². The van der Waals surface area contributed by atoms with Gasteiger partial charge >= 0.3 is 0 Å². The minimum atomic E-state index is -0.750. The van der Waals surface area contributed by atoms with Crippen LogP contribution < -0.4 is 0 Å². The van der Waals surface area contributed by atoms with E-state index in [-0.39, 0.29) is 5.82 Å². The largest absolute Gasteiger partial charge is 0.346 e. The van der Waals surface area contributed by atoms with E-state index in [9.17, 15) is 4.39 Å². The second-order valence-electron chi connectivity index (χ2n) is 4.54. The lowest BCUT2D eigenvalue weighted by Crippen LogP contribution is -2.14. The highest BCUT2D eigenvalue weighted by Gasteiger charge is 2.17. The zero-order valence-electron chi connectivity index (χ0n) is 12.5. The van der Waals surface area contributed by atoms with Crippen molar-refractivity contribution in [1.82, 2.24) is 9.97 Å². The van der Waals surface area contributed by atoms with Crippen molar-refractivity contribution in [3.05, 3.63) is 47.7 Å². The smallest absolute Gasteiger partial charge is 0.219 e. The predicted octanol–water partition coefficient (Wildman–Crippen LogP) is 3.66. The standard InChI is InChI=1S/C16H19FN2O2/c1-4-20-16(21-5-2)15-18-13(10-14(17)19-15)12-8-6-11(3)7-9-12/h6-10,16H,4-5H2,1-3H3. The lowest BCUT2D eigenvalue weighted by atomic mass is 10.1. The molecule has 21 heavy (non-hydrogen) atoms. The summed E-state index contributed by atoms with van der Waals surface area (Å²) in [5, 5.41) is 0. The Morgan fingerprint density at radius 1 is 1.05 bits per heavy atom. The van der Waals surface area contributed by atoms with E-state index in [2.05, 4.69) is 9.97 Å². The van der Waals surface area contributed by atoms with Crippen LogP contribution in [0.4, 0.5) is 4.39 Å². The molecule has 0 bridgehead atoms. The summed E-state index contributed by atoms with van der Waals surface area (Å²) in [7, 11) is 0. The summed E-state index contributed by atoms with van der Waals surface area (Å²) >= 11 is 0. The third-order valence-electron chi connectivity index (χ3n) is 2.91. The van der Waals surface area contributed by atoms with Gasteiger partial charge < -0.3 is 9.47 Å². The number of halogens is 1. The van der Waals surface area contributed by atoms with Crippen molar-refractivity contribution in [2.24, 2.45) is 0 Å². The Kier molecular flexibility index (Phi) is 5.36. The van der Waals surface area contributed by atoms with Gasteiger partial charge in [0.05, 0.1) is 5.69 Å². The van der Waals surface area contributed by atoms with Gasteiger partial charge in [0.15, 0.2) is 5.82 Å². The first-order valence-electron chi connectivity index (χ1n) is 6.98. The summed E-state index contributed by atoms with van der Waals surface area (Å²) < 4.78 is 24.6. The van der Waals surface area contributed by atoms with Crippen LogP contribution in [-0.4, -0.2) is 23.2 Å². The monoisotopic (exact) mass is 290 g/mol. The number of hydrogen-bond acceptors (Lipinski definition) is 4. The normalized spacial score (nSPS) is 11.1. The average Bonchev–Trinajstić information content (AvgIpc) is 2.47. The molecule has 1 aromatic heterocycles. The van der Waals surface area contributed by atoms with Crippen LogP contribution in [0.15, 0.2) is 30.3 Å². The molecular weight excluding hydrogens is 271 g/mol. The van der Waals surface area contributed by atoms with Crippen LogP contribution in [0.5, 0.6) is 0 Å². The molecule has 4 nitrogen and oxygen atoms in total. The van der Waals surface area contributed by atoms with Gasteiger partial charge in [-0.2, -0.15) is 9.37 Å². The van der Waals surface area contributed by atoms with E-state index in [1.165, 1.54) is 6.07 Å². The lowest BCUT2D eigenvalue weighted by molar-refractivity contribution is -0.145. The van der Waals surface area contributed by atoms with Crippen molar-refractivity contribution in [2.75, 3.05) is 13.2 Å². The maximum atomic E-state index is 13.8. The quantitative estimate of drug-likeness (QED) is 0.601. The number of ether oxygens (including phenoxy) is 2. The van der Waals surface area contributed by atoms with Gasteiger partial charge in [0.25, 0.3) is 0 Å². The van der Waals surface area contributed by atoms with E-state index < -0.39 is 12.2 Å². The molecule has 2 aromatic rings. The molecule has 0 atom stereocenters. The van der Waals surface area contributed by atoms with Crippen molar-refractivity contribution in [3.8, 4) is 11.3 Å². The van der Waals surface area contributed by atoms with Gasteiger partial charge in [0, 0.05) is 24.8 Å². The minimum Gasteiger partial charge on any atom is -0.346 e. The molecule has 0 unspecified atom stereocenters. The molecule has 1 heterocycles. The van der Waals surface area contributed by atoms with Gasteiger partial charge in [-0.3, -0.25) is 0 Å². The average molecular weight is 290 g/mol. The number of rotatable bonds is 6. The molecule has 2 rings (SSSR count). The second-order valence-corrected chi connectivity index (χ2v) is 4.54. The Morgan fingerprint density at radius 3 is 2.24 bits per heavy atom. The number of aromatic nitrogens is 2. The van der Waals surface area contributed by atoms with Crippen LogP contribution in [-0.2, 0) is 9.47 Å². The van der Waals surface area contributed by atoms with Crippen molar-refractivity contribution < 1.29 is 13.9 Å². The first kappa shape index (κ1) is 15.5. The summed E-state index contributed by atoms with van der Waals surface area (Å²) in [6.45, 7) is 6.54. The highest BCUT2D eigenvalue weighted by molar-refractivity contribution is 5.59. The van der Waals surface area contributed by atoms with Crippen LogP contribution in [0.3, 0.4) is 0 Å². The minimum absolute atomic E-state index is 0.203. The van der Waals surface area contributed by atoms with Gasteiger partial charge in [-0.1, -0.05) is 29.8 Å². The fourth-order valence-corrected chi connectivity index (χ4v) is 1.91. The summed E-state index contributed by atoms with van der Waals surface area (Å²) in [6.07, 6.45) is -0.750. The van der Waals surface area contributed by atoms with Crippen LogP contribution in [0, 0.1) is 12.9 Å². The van der Waals surface area contributed by atoms with Crippen LogP contribution >= 0.6 is 0 Å². The number of benzene rings is 1. The molecule has 0 amide bonds. The van der Waals surface area contributed by atoms with Crippen LogP contribution in [0.1, 0.15) is 31.5 Å². The van der Waals surface area contributed by atoms with E-state index in [0.717, 1.165) is 11.1 Å². The first-order chi connectivity index (χ1) is 10.1. The Hall–Kier alpha value is -1.85. The van der Waals surface area contributed by atoms with Gasteiger partial charge in [-0.25, -0.2) is 4.98 Å². The van der Waals surface area contributed by atoms with Crippen molar-refractivity contribution >= 4 is 0 Å². The fraction of sp³-hybridized carbons (Fsp3) is 0.375. The maximum absolute atomic E-state index is 13.8. The molecule has 0 saturated heterocycles. The summed E-state index contributed by atoms with van der Waals surface area (Å²) in [6, 6.07) is 9.02. The molecular formula is C16H19FN2O2. The van der Waals surface area contributed by atoms with Crippen LogP contribution in [0.25, 0.3) is 11.3 Å². The Bertz CT molecular complexity index is 581. The molecule has 1 aromatic carbocycles. The molecule has 0 saturated carbocycles. The zero-order valence-corrected chi connectivity index (χ0v) is 12.5. The first-order valence-corrected chi connectivity index (χ1v) is 6.98. The molecule has 0 aliphatic carbocycles. The van der Waals surface area contributed by atoms with E-state index >= 15 is 0 Å². The number of nitrogens with zero attached hydrogens (tertiary/aromatic N) is 2.